The molecule has 0 amide bonds. The Labute approximate surface area is 107 Å². The SMILES string of the molecule is Cc1cc(-c2cccnc2)c(C#N)c(N(C)C)n1. The van der Waals surface area contributed by atoms with Crippen molar-refractivity contribution in [3.8, 4) is 17.2 Å². The number of pyridine rings is 2. The first-order chi connectivity index (χ1) is 8.63. The van der Waals surface area contributed by atoms with E-state index in [4.69, 9.17) is 0 Å². The second-order valence-corrected chi connectivity index (χ2v) is 4.26. The highest BCUT2D eigenvalue weighted by Crippen LogP contribution is 2.28. The van der Waals surface area contributed by atoms with Crippen molar-refractivity contribution in [1.82, 2.24) is 9.97 Å². The lowest BCUT2D eigenvalue weighted by Crippen LogP contribution is -2.13. The van der Waals surface area contributed by atoms with Crippen molar-refractivity contribution >= 4 is 5.82 Å². The molecule has 0 saturated heterocycles. The van der Waals surface area contributed by atoms with Crippen LogP contribution in [0.1, 0.15) is 11.3 Å². The average Bonchev–Trinajstić information content (AvgIpc) is 2.38. The van der Waals surface area contributed by atoms with Gasteiger partial charge in [0.05, 0.1) is 0 Å². The van der Waals surface area contributed by atoms with Gasteiger partial charge < -0.3 is 4.90 Å². The molecule has 2 aromatic rings. The van der Waals surface area contributed by atoms with E-state index in [9.17, 15) is 5.26 Å². The monoisotopic (exact) mass is 238 g/mol. The Balaban J connectivity index is 2.72. The smallest absolute Gasteiger partial charge is 0.146 e. The Kier molecular flexibility index (Phi) is 3.24. The van der Waals surface area contributed by atoms with Crippen molar-refractivity contribution in [2.24, 2.45) is 0 Å². The predicted molar refractivity (Wildman–Crippen MR) is 71.2 cm³/mol. The van der Waals surface area contributed by atoms with Crippen molar-refractivity contribution in [2.75, 3.05) is 19.0 Å². The maximum absolute atomic E-state index is 9.36. The van der Waals surface area contributed by atoms with Gasteiger partial charge in [0.1, 0.15) is 17.5 Å². The van der Waals surface area contributed by atoms with E-state index in [0.29, 0.717) is 11.4 Å². The van der Waals surface area contributed by atoms with Gasteiger partial charge in [0.25, 0.3) is 0 Å². The highest BCUT2D eigenvalue weighted by atomic mass is 15.1. The Hall–Kier alpha value is -2.41. The van der Waals surface area contributed by atoms with E-state index in [1.165, 1.54) is 0 Å². The van der Waals surface area contributed by atoms with Crippen LogP contribution in [0.3, 0.4) is 0 Å². The molecule has 0 aromatic carbocycles. The summed E-state index contributed by atoms with van der Waals surface area (Å²) >= 11 is 0. The molecule has 0 bridgehead atoms. The molecule has 2 rings (SSSR count). The molecule has 4 nitrogen and oxygen atoms in total. The largest absolute Gasteiger partial charge is 0.362 e. The lowest BCUT2D eigenvalue weighted by Gasteiger charge is -2.16. The third-order valence-electron chi connectivity index (χ3n) is 2.64. The Morgan fingerprint density at radius 2 is 2.11 bits per heavy atom. The topological polar surface area (TPSA) is 52.8 Å². The molecule has 0 N–H and O–H groups in total. The summed E-state index contributed by atoms with van der Waals surface area (Å²) in [6, 6.07) is 7.97. The highest BCUT2D eigenvalue weighted by molar-refractivity contribution is 5.76. The van der Waals surface area contributed by atoms with Crippen LogP contribution < -0.4 is 4.90 Å². The van der Waals surface area contributed by atoms with E-state index < -0.39 is 0 Å². The maximum Gasteiger partial charge on any atom is 0.146 e. The summed E-state index contributed by atoms with van der Waals surface area (Å²) in [7, 11) is 3.77. The van der Waals surface area contributed by atoms with Gasteiger partial charge in [-0.15, -0.1) is 0 Å². The lowest BCUT2D eigenvalue weighted by atomic mass is 10.0. The molecule has 0 atom stereocenters. The molecule has 0 aliphatic rings. The minimum atomic E-state index is 0.582. The standard InChI is InChI=1S/C14H14N4/c1-10-7-12(11-5-4-6-16-9-11)13(8-15)14(17-10)18(2)3/h4-7,9H,1-3H3. The summed E-state index contributed by atoms with van der Waals surface area (Å²) in [6.07, 6.45) is 3.48. The Bertz CT molecular complexity index is 597. The zero-order chi connectivity index (χ0) is 13.1. The predicted octanol–water partition coefficient (Wildman–Crippen LogP) is 2.39. The minimum absolute atomic E-state index is 0.582. The molecule has 0 spiro atoms. The lowest BCUT2D eigenvalue weighted by molar-refractivity contribution is 1.04. The van der Waals surface area contributed by atoms with Crippen LogP contribution in [0.5, 0.6) is 0 Å². The van der Waals surface area contributed by atoms with Crippen molar-refractivity contribution < 1.29 is 0 Å². The van der Waals surface area contributed by atoms with Gasteiger partial charge in [0.2, 0.25) is 0 Å². The third kappa shape index (κ3) is 2.16. The summed E-state index contributed by atoms with van der Waals surface area (Å²) < 4.78 is 0. The van der Waals surface area contributed by atoms with Crippen LogP contribution in [0, 0.1) is 18.3 Å². The number of hydrogen-bond donors (Lipinski definition) is 0. The number of nitriles is 1. The van der Waals surface area contributed by atoms with Crippen LogP contribution in [-0.2, 0) is 0 Å². The van der Waals surface area contributed by atoms with E-state index >= 15 is 0 Å². The molecule has 0 unspecified atom stereocenters. The van der Waals surface area contributed by atoms with E-state index in [1.807, 2.05) is 44.1 Å². The molecular weight excluding hydrogens is 224 g/mol. The molecule has 0 fully saturated rings. The molecule has 0 saturated carbocycles. The molecular formula is C14H14N4. The normalized spacial score (nSPS) is 9.89. The van der Waals surface area contributed by atoms with Crippen LogP contribution in [0.15, 0.2) is 30.6 Å². The summed E-state index contributed by atoms with van der Waals surface area (Å²) in [5, 5.41) is 9.36. The molecule has 4 heteroatoms. The van der Waals surface area contributed by atoms with Gasteiger partial charge in [-0.3, -0.25) is 4.98 Å². The quantitative estimate of drug-likeness (QED) is 0.806. The van der Waals surface area contributed by atoms with Crippen molar-refractivity contribution in [2.45, 2.75) is 6.92 Å². The number of anilines is 1. The molecule has 0 aliphatic heterocycles. The molecule has 2 heterocycles. The van der Waals surface area contributed by atoms with Gasteiger partial charge in [-0.25, -0.2) is 4.98 Å². The Morgan fingerprint density at radius 3 is 2.67 bits per heavy atom. The van der Waals surface area contributed by atoms with Crippen LogP contribution >= 0.6 is 0 Å². The molecule has 90 valence electrons. The summed E-state index contributed by atoms with van der Waals surface area (Å²) in [6.45, 7) is 1.92. The van der Waals surface area contributed by atoms with Crippen LogP contribution in [-0.4, -0.2) is 24.1 Å². The van der Waals surface area contributed by atoms with Gasteiger partial charge in [-0.05, 0) is 19.1 Å². The number of hydrogen-bond acceptors (Lipinski definition) is 4. The van der Waals surface area contributed by atoms with E-state index in [-0.39, 0.29) is 0 Å². The van der Waals surface area contributed by atoms with Gasteiger partial charge in [0.15, 0.2) is 0 Å². The van der Waals surface area contributed by atoms with Crippen molar-refractivity contribution in [1.29, 1.82) is 5.26 Å². The zero-order valence-electron chi connectivity index (χ0n) is 10.7. The number of aryl methyl sites for hydroxylation is 1. The first-order valence-corrected chi connectivity index (χ1v) is 5.63. The second kappa shape index (κ2) is 4.84. The first kappa shape index (κ1) is 12.1. The zero-order valence-corrected chi connectivity index (χ0v) is 10.7. The second-order valence-electron chi connectivity index (χ2n) is 4.26. The van der Waals surface area contributed by atoms with Gasteiger partial charge in [0, 0.05) is 43.3 Å². The fraction of sp³-hybridized carbons (Fsp3) is 0.214. The fourth-order valence-electron chi connectivity index (χ4n) is 1.84. The van der Waals surface area contributed by atoms with E-state index in [0.717, 1.165) is 16.8 Å². The third-order valence-corrected chi connectivity index (χ3v) is 2.64. The van der Waals surface area contributed by atoms with Crippen molar-refractivity contribution in [3.63, 3.8) is 0 Å². The summed E-state index contributed by atoms with van der Waals surface area (Å²) in [5.41, 5.74) is 3.28. The van der Waals surface area contributed by atoms with Crippen LogP contribution in [0.2, 0.25) is 0 Å². The molecule has 18 heavy (non-hydrogen) atoms. The van der Waals surface area contributed by atoms with Gasteiger partial charge in [-0.1, -0.05) is 6.07 Å². The number of nitrogens with zero attached hydrogens (tertiary/aromatic N) is 4. The fourth-order valence-corrected chi connectivity index (χ4v) is 1.84. The highest BCUT2D eigenvalue weighted by Gasteiger charge is 2.14. The summed E-state index contributed by atoms with van der Waals surface area (Å²) in [4.78, 5) is 10.4. The average molecular weight is 238 g/mol. The summed E-state index contributed by atoms with van der Waals surface area (Å²) in [5.74, 6) is 0.691. The maximum atomic E-state index is 9.36. The number of aromatic nitrogens is 2. The first-order valence-electron chi connectivity index (χ1n) is 5.63. The van der Waals surface area contributed by atoms with Crippen LogP contribution in [0.25, 0.3) is 11.1 Å². The Morgan fingerprint density at radius 1 is 1.33 bits per heavy atom. The van der Waals surface area contributed by atoms with E-state index in [1.54, 1.807) is 12.4 Å². The molecule has 0 radical (unpaired) electrons. The minimum Gasteiger partial charge on any atom is -0.362 e. The molecule has 2 aromatic heterocycles. The molecule has 0 aliphatic carbocycles. The van der Waals surface area contributed by atoms with E-state index in [2.05, 4.69) is 16.0 Å². The van der Waals surface area contributed by atoms with Crippen LogP contribution in [0.4, 0.5) is 5.82 Å². The van der Waals surface area contributed by atoms with Gasteiger partial charge in [-0.2, -0.15) is 5.26 Å². The number of rotatable bonds is 2. The van der Waals surface area contributed by atoms with Gasteiger partial charge >= 0.3 is 0 Å². The van der Waals surface area contributed by atoms with Crippen molar-refractivity contribution in [3.05, 3.63) is 41.9 Å².